The minimum Gasteiger partial charge on any atom is -0.479 e. The van der Waals surface area contributed by atoms with Crippen LogP contribution in [0.1, 0.15) is 18.5 Å². The van der Waals surface area contributed by atoms with Crippen LogP contribution in [-0.4, -0.2) is 32.0 Å². The zero-order valence-electron chi connectivity index (χ0n) is 11.1. The molecule has 102 valence electrons. The summed E-state index contributed by atoms with van der Waals surface area (Å²) in [6, 6.07) is 4.84. The van der Waals surface area contributed by atoms with Gasteiger partial charge in [-0.05, 0) is 31.7 Å². The van der Waals surface area contributed by atoms with Gasteiger partial charge in [-0.3, -0.25) is 9.59 Å². The highest BCUT2D eigenvalue weighted by atomic mass is 16.5. The van der Waals surface area contributed by atoms with E-state index < -0.39 is 12.1 Å². The molecule has 0 saturated carbocycles. The molecule has 2 amide bonds. The van der Waals surface area contributed by atoms with Gasteiger partial charge in [0.25, 0.3) is 5.91 Å². The van der Waals surface area contributed by atoms with Gasteiger partial charge < -0.3 is 20.7 Å². The van der Waals surface area contributed by atoms with E-state index in [1.54, 1.807) is 39.2 Å². The predicted octanol–water partition coefficient (Wildman–Crippen LogP) is 0.412. The lowest BCUT2D eigenvalue weighted by molar-refractivity contribution is -0.123. The number of benzene rings is 1. The Morgan fingerprint density at radius 1 is 1.42 bits per heavy atom. The third-order valence-corrected chi connectivity index (χ3v) is 3.07. The number of carbonyl (C=O) groups excluding carboxylic acids is 2. The molecule has 1 aliphatic rings. The SMILES string of the molecule is CNC(=O)C(NC)c1ccc2c(c1)NC(=O)C(C)O2. The summed E-state index contributed by atoms with van der Waals surface area (Å²) in [4.78, 5) is 23.3. The second kappa shape index (κ2) is 5.27. The van der Waals surface area contributed by atoms with Crippen molar-refractivity contribution in [3.63, 3.8) is 0 Å². The van der Waals surface area contributed by atoms with Crippen LogP contribution >= 0.6 is 0 Å². The molecule has 0 radical (unpaired) electrons. The average Bonchev–Trinajstić information content (AvgIpc) is 2.41. The van der Waals surface area contributed by atoms with Gasteiger partial charge in [0.05, 0.1) is 5.69 Å². The van der Waals surface area contributed by atoms with Crippen LogP contribution < -0.4 is 20.7 Å². The maximum Gasteiger partial charge on any atom is 0.265 e. The third kappa shape index (κ3) is 2.53. The fraction of sp³-hybridized carbons (Fsp3) is 0.385. The van der Waals surface area contributed by atoms with E-state index in [4.69, 9.17) is 4.74 Å². The second-order valence-corrected chi connectivity index (χ2v) is 4.34. The largest absolute Gasteiger partial charge is 0.479 e. The van der Waals surface area contributed by atoms with Crippen molar-refractivity contribution in [3.8, 4) is 5.75 Å². The number of hydrogen-bond acceptors (Lipinski definition) is 4. The van der Waals surface area contributed by atoms with Crippen LogP contribution in [0.5, 0.6) is 5.75 Å². The summed E-state index contributed by atoms with van der Waals surface area (Å²) in [5, 5.41) is 8.28. The molecule has 2 atom stereocenters. The van der Waals surface area contributed by atoms with Crippen molar-refractivity contribution >= 4 is 17.5 Å². The third-order valence-electron chi connectivity index (χ3n) is 3.07. The molecule has 1 heterocycles. The number of nitrogens with one attached hydrogen (secondary N) is 3. The highest BCUT2D eigenvalue weighted by molar-refractivity contribution is 5.97. The molecule has 0 saturated heterocycles. The number of amides is 2. The van der Waals surface area contributed by atoms with Gasteiger partial charge in [-0.1, -0.05) is 6.07 Å². The molecule has 6 heteroatoms. The zero-order valence-corrected chi connectivity index (χ0v) is 11.1. The molecule has 0 bridgehead atoms. The summed E-state index contributed by atoms with van der Waals surface area (Å²) in [6.45, 7) is 1.69. The van der Waals surface area contributed by atoms with Gasteiger partial charge in [-0.25, -0.2) is 0 Å². The van der Waals surface area contributed by atoms with Crippen molar-refractivity contribution in [1.82, 2.24) is 10.6 Å². The Morgan fingerprint density at radius 2 is 2.16 bits per heavy atom. The first-order valence-electron chi connectivity index (χ1n) is 6.07. The number of anilines is 1. The molecule has 6 nitrogen and oxygen atoms in total. The lowest BCUT2D eigenvalue weighted by Crippen LogP contribution is -2.35. The van der Waals surface area contributed by atoms with Gasteiger partial charge in [-0.2, -0.15) is 0 Å². The van der Waals surface area contributed by atoms with Crippen molar-refractivity contribution in [2.45, 2.75) is 19.1 Å². The molecule has 1 aromatic carbocycles. The quantitative estimate of drug-likeness (QED) is 0.738. The molecule has 3 N–H and O–H groups in total. The Morgan fingerprint density at radius 3 is 2.79 bits per heavy atom. The maximum absolute atomic E-state index is 11.7. The van der Waals surface area contributed by atoms with Crippen molar-refractivity contribution in [3.05, 3.63) is 23.8 Å². The molecule has 1 aliphatic heterocycles. The van der Waals surface area contributed by atoms with E-state index >= 15 is 0 Å². The van der Waals surface area contributed by atoms with Gasteiger partial charge in [0.15, 0.2) is 6.10 Å². The van der Waals surface area contributed by atoms with Crippen molar-refractivity contribution in [2.24, 2.45) is 0 Å². The lowest BCUT2D eigenvalue weighted by Gasteiger charge is -2.24. The summed E-state index contributed by atoms with van der Waals surface area (Å²) in [7, 11) is 3.29. The molecule has 1 aromatic rings. The number of likely N-dealkylation sites (N-methyl/N-ethyl adjacent to an activating group) is 2. The van der Waals surface area contributed by atoms with Crippen LogP contribution in [0.2, 0.25) is 0 Å². The Kier molecular flexibility index (Phi) is 3.71. The van der Waals surface area contributed by atoms with Crippen molar-refractivity contribution in [2.75, 3.05) is 19.4 Å². The van der Waals surface area contributed by atoms with Crippen LogP contribution in [0.4, 0.5) is 5.69 Å². The van der Waals surface area contributed by atoms with Crippen LogP contribution in [0.25, 0.3) is 0 Å². The zero-order chi connectivity index (χ0) is 14.0. The number of fused-ring (bicyclic) bond motifs is 1. The van der Waals surface area contributed by atoms with E-state index in [1.165, 1.54) is 0 Å². The minimum atomic E-state index is -0.502. The van der Waals surface area contributed by atoms with Gasteiger partial charge in [-0.15, -0.1) is 0 Å². The maximum atomic E-state index is 11.7. The summed E-state index contributed by atoms with van der Waals surface area (Å²) >= 11 is 0. The normalized spacial score (nSPS) is 18.9. The van der Waals surface area contributed by atoms with Crippen molar-refractivity contribution in [1.29, 1.82) is 0 Å². The number of hydrogen-bond donors (Lipinski definition) is 3. The highest BCUT2D eigenvalue weighted by Crippen LogP contribution is 2.32. The number of ether oxygens (including phenoxy) is 1. The predicted molar refractivity (Wildman–Crippen MR) is 71.0 cm³/mol. The van der Waals surface area contributed by atoms with E-state index in [0.717, 1.165) is 5.56 Å². The smallest absolute Gasteiger partial charge is 0.265 e. The first kappa shape index (κ1) is 13.4. The molecule has 19 heavy (non-hydrogen) atoms. The second-order valence-electron chi connectivity index (χ2n) is 4.34. The number of carbonyl (C=O) groups is 2. The summed E-state index contributed by atoms with van der Waals surface area (Å²) in [5.74, 6) is 0.284. The molecule has 0 aliphatic carbocycles. The lowest BCUT2D eigenvalue weighted by atomic mass is 10.0. The first-order valence-corrected chi connectivity index (χ1v) is 6.07. The fourth-order valence-electron chi connectivity index (χ4n) is 2.00. The van der Waals surface area contributed by atoms with Gasteiger partial charge in [0.1, 0.15) is 11.8 Å². The Balaban J connectivity index is 2.33. The average molecular weight is 263 g/mol. The van der Waals surface area contributed by atoms with Crippen molar-refractivity contribution < 1.29 is 14.3 Å². The molecule has 0 spiro atoms. The monoisotopic (exact) mass is 263 g/mol. The van der Waals surface area contributed by atoms with E-state index in [2.05, 4.69) is 16.0 Å². The number of rotatable bonds is 3. The van der Waals surface area contributed by atoms with E-state index in [0.29, 0.717) is 11.4 Å². The topological polar surface area (TPSA) is 79.5 Å². The highest BCUT2D eigenvalue weighted by Gasteiger charge is 2.25. The molecule has 0 aromatic heterocycles. The summed E-state index contributed by atoms with van der Waals surface area (Å²) < 4.78 is 5.47. The molecule has 2 unspecified atom stereocenters. The fourth-order valence-corrected chi connectivity index (χ4v) is 2.00. The van der Waals surface area contributed by atoms with Crippen LogP contribution in [0.15, 0.2) is 18.2 Å². The van der Waals surface area contributed by atoms with Crippen LogP contribution in [0, 0.1) is 0 Å². The molecular formula is C13H17N3O3. The van der Waals surface area contributed by atoms with Crippen LogP contribution in [0.3, 0.4) is 0 Å². The van der Waals surface area contributed by atoms with E-state index in [9.17, 15) is 9.59 Å². The Hall–Kier alpha value is -2.08. The first-order chi connectivity index (χ1) is 9.06. The molecular weight excluding hydrogens is 246 g/mol. The minimum absolute atomic E-state index is 0.140. The standard InChI is InChI=1S/C13H17N3O3/c1-7-12(17)16-9-6-8(4-5-10(9)19-7)11(14-2)13(18)15-3/h4-7,11,14H,1-3H3,(H,15,18)(H,16,17). The van der Waals surface area contributed by atoms with E-state index in [1.807, 2.05) is 0 Å². The van der Waals surface area contributed by atoms with Gasteiger partial charge in [0.2, 0.25) is 5.91 Å². The molecule has 2 rings (SSSR count). The Bertz CT molecular complexity index is 516. The van der Waals surface area contributed by atoms with Crippen LogP contribution in [-0.2, 0) is 9.59 Å². The summed E-state index contributed by atoms with van der Waals surface area (Å²) in [5.41, 5.74) is 1.35. The summed E-state index contributed by atoms with van der Waals surface area (Å²) in [6.07, 6.45) is -0.502. The van der Waals surface area contributed by atoms with Gasteiger partial charge >= 0.3 is 0 Å². The van der Waals surface area contributed by atoms with Gasteiger partial charge in [0, 0.05) is 7.05 Å². The Labute approximate surface area is 111 Å². The molecule has 0 fully saturated rings. The van der Waals surface area contributed by atoms with E-state index in [-0.39, 0.29) is 11.8 Å².